The number of carbonyl (C=O) groups excluding carboxylic acids is 2. The Labute approximate surface area is 118 Å². The quantitative estimate of drug-likeness (QED) is 0.730. The van der Waals surface area contributed by atoms with Crippen LogP contribution in [0.5, 0.6) is 0 Å². The van der Waals surface area contributed by atoms with E-state index in [4.69, 9.17) is 9.94 Å². The molecule has 1 aromatic rings. The van der Waals surface area contributed by atoms with Gasteiger partial charge in [-0.2, -0.15) is 5.48 Å². The molecule has 1 aromatic carbocycles. The number of benzene rings is 1. The number of carbonyl (C=O) groups is 2. The van der Waals surface area contributed by atoms with Crippen LogP contribution in [0.15, 0.2) is 30.3 Å². The van der Waals surface area contributed by atoms with Gasteiger partial charge in [-0.05, 0) is 32.8 Å². The normalized spacial score (nSPS) is 12.6. The molecule has 20 heavy (non-hydrogen) atoms. The lowest BCUT2D eigenvalue weighted by Crippen LogP contribution is -2.47. The second-order valence-corrected chi connectivity index (χ2v) is 5.36. The van der Waals surface area contributed by atoms with Crippen molar-refractivity contribution in [3.05, 3.63) is 35.9 Å². The van der Waals surface area contributed by atoms with Crippen LogP contribution in [0.3, 0.4) is 0 Å². The maximum absolute atomic E-state index is 11.8. The molecule has 110 valence electrons. The summed E-state index contributed by atoms with van der Waals surface area (Å²) >= 11 is 0. The molecule has 0 heterocycles. The first-order chi connectivity index (χ1) is 9.31. The Balaban J connectivity index is 2.57. The highest BCUT2D eigenvalue weighted by Crippen LogP contribution is 2.07. The minimum Gasteiger partial charge on any atom is -0.444 e. The Morgan fingerprint density at radius 1 is 1.25 bits per heavy atom. The van der Waals surface area contributed by atoms with Crippen LogP contribution in [0.4, 0.5) is 4.79 Å². The Morgan fingerprint density at radius 2 is 1.85 bits per heavy atom. The molecule has 0 aliphatic carbocycles. The molecule has 3 N–H and O–H groups in total. The van der Waals surface area contributed by atoms with Crippen LogP contribution in [0.2, 0.25) is 0 Å². The number of imide groups is 1. The molecule has 2 amide bonds. The predicted molar refractivity (Wildman–Crippen MR) is 73.2 cm³/mol. The van der Waals surface area contributed by atoms with Crippen molar-refractivity contribution in [2.24, 2.45) is 0 Å². The Morgan fingerprint density at radius 3 is 2.35 bits per heavy atom. The molecule has 0 aliphatic heterocycles. The van der Waals surface area contributed by atoms with Gasteiger partial charge in [-0.15, -0.1) is 0 Å². The van der Waals surface area contributed by atoms with Crippen LogP contribution in [-0.4, -0.2) is 28.9 Å². The molecule has 0 saturated heterocycles. The summed E-state index contributed by atoms with van der Waals surface area (Å²) in [6.45, 7) is 5.09. The van der Waals surface area contributed by atoms with Gasteiger partial charge in [0.1, 0.15) is 11.6 Å². The number of nitrogens with one attached hydrogen (secondary N) is 2. The Hall–Kier alpha value is -1.92. The summed E-state index contributed by atoms with van der Waals surface area (Å²) in [5, 5.41) is 11.1. The van der Waals surface area contributed by atoms with E-state index in [0.717, 1.165) is 5.56 Å². The molecule has 0 bridgehead atoms. The van der Waals surface area contributed by atoms with E-state index in [1.54, 1.807) is 20.8 Å². The fourth-order valence-electron chi connectivity index (χ4n) is 1.54. The van der Waals surface area contributed by atoms with Crippen LogP contribution >= 0.6 is 0 Å². The smallest absolute Gasteiger partial charge is 0.414 e. The summed E-state index contributed by atoms with van der Waals surface area (Å²) in [5.74, 6) is -0.648. The van der Waals surface area contributed by atoms with Crippen molar-refractivity contribution >= 4 is 12.0 Å². The summed E-state index contributed by atoms with van der Waals surface area (Å²) in [7, 11) is 0. The molecular formula is C14H20N2O4. The van der Waals surface area contributed by atoms with Gasteiger partial charge in [-0.25, -0.2) is 4.79 Å². The predicted octanol–water partition coefficient (Wildman–Crippen LogP) is 1.63. The molecule has 6 nitrogen and oxygen atoms in total. The first-order valence-corrected chi connectivity index (χ1v) is 6.29. The molecule has 0 aliphatic rings. The third-order valence-electron chi connectivity index (χ3n) is 2.38. The van der Waals surface area contributed by atoms with Gasteiger partial charge in [0.15, 0.2) is 0 Å². The standard InChI is InChI=1S/C14H20N2O4/c1-14(2,3)20-13(18)15-12(17)11(16-19)9-10-7-5-4-6-8-10/h4-8,11,16,19H,9H2,1-3H3,(H,15,17,18)/t11-/m0/s1. The van der Waals surface area contributed by atoms with Crippen LogP contribution < -0.4 is 10.8 Å². The molecule has 0 fully saturated rings. The van der Waals surface area contributed by atoms with Crippen molar-refractivity contribution in [2.75, 3.05) is 0 Å². The zero-order chi connectivity index (χ0) is 15.2. The van der Waals surface area contributed by atoms with Gasteiger partial charge >= 0.3 is 6.09 Å². The number of hydroxylamine groups is 1. The summed E-state index contributed by atoms with van der Waals surface area (Å²) in [6, 6.07) is 8.23. The van der Waals surface area contributed by atoms with E-state index in [9.17, 15) is 9.59 Å². The second kappa shape index (κ2) is 7.02. The summed E-state index contributed by atoms with van der Waals surface area (Å²) in [4.78, 5) is 23.3. The molecular weight excluding hydrogens is 260 g/mol. The highest BCUT2D eigenvalue weighted by atomic mass is 16.6. The maximum atomic E-state index is 11.8. The highest BCUT2D eigenvalue weighted by Gasteiger charge is 2.23. The van der Waals surface area contributed by atoms with Crippen molar-refractivity contribution < 1.29 is 19.5 Å². The van der Waals surface area contributed by atoms with Gasteiger partial charge in [0.05, 0.1) is 0 Å². The van der Waals surface area contributed by atoms with E-state index in [1.807, 2.05) is 35.8 Å². The molecule has 6 heteroatoms. The van der Waals surface area contributed by atoms with Crippen LogP contribution in [-0.2, 0) is 16.0 Å². The molecule has 1 rings (SSSR count). The molecule has 0 unspecified atom stereocenters. The lowest BCUT2D eigenvalue weighted by molar-refractivity contribution is -0.125. The highest BCUT2D eigenvalue weighted by molar-refractivity contribution is 5.95. The fraction of sp³-hybridized carbons (Fsp3) is 0.429. The number of ether oxygens (including phenoxy) is 1. The third kappa shape index (κ3) is 5.81. The fourth-order valence-corrected chi connectivity index (χ4v) is 1.54. The second-order valence-electron chi connectivity index (χ2n) is 5.36. The average Bonchev–Trinajstić information content (AvgIpc) is 2.34. The van der Waals surface area contributed by atoms with Crippen molar-refractivity contribution in [2.45, 2.75) is 38.8 Å². The number of hydrogen-bond donors (Lipinski definition) is 3. The van der Waals surface area contributed by atoms with Gasteiger partial charge in [0.25, 0.3) is 0 Å². The summed E-state index contributed by atoms with van der Waals surface area (Å²) in [6.07, 6.45) is -0.581. The summed E-state index contributed by atoms with van der Waals surface area (Å²) in [5.41, 5.74) is 2.07. The van der Waals surface area contributed by atoms with E-state index in [-0.39, 0.29) is 6.42 Å². The van der Waals surface area contributed by atoms with Gasteiger partial charge in [-0.3, -0.25) is 10.1 Å². The van der Waals surface area contributed by atoms with Gasteiger partial charge < -0.3 is 9.94 Å². The van der Waals surface area contributed by atoms with Crippen LogP contribution in [0.1, 0.15) is 26.3 Å². The van der Waals surface area contributed by atoms with Crippen molar-refractivity contribution in [1.29, 1.82) is 0 Å². The van der Waals surface area contributed by atoms with Crippen molar-refractivity contribution in [1.82, 2.24) is 10.8 Å². The Kier molecular flexibility index (Phi) is 5.66. The van der Waals surface area contributed by atoms with E-state index in [1.165, 1.54) is 0 Å². The van der Waals surface area contributed by atoms with E-state index in [0.29, 0.717) is 0 Å². The number of rotatable bonds is 4. The average molecular weight is 280 g/mol. The number of alkyl carbamates (subject to hydrolysis) is 1. The molecule has 0 spiro atoms. The first kappa shape index (κ1) is 16.1. The van der Waals surface area contributed by atoms with E-state index < -0.39 is 23.6 Å². The number of amides is 2. The lowest BCUT2D eigenvalue weighted by Gasteiger charge is -2.20. The Bertz CT molecular complexity index is 454. The SMILES string of the molecule is CC(C)(C)OC(=O)NC(=O)[C@H](Cc1ccccc1)NO. The van der Waals surface area contributed by atoms with Crippen molar-refractivity contribution in [3.63, 3.8) is 0 Å². The van der Waals surface area contributed by atoms with Crippen LogP contribution in [0.25, 0.3) is 0 Å². The molecule has 0 saturated carbocycles. The molecule has 0 radical (unpaired) electrons. The molecule has 0 aromatic heterocycles. The van der Waals surface area contributed by atoms with Gasteiger partial charge in [-0.1, -0.05) is 30.3 Å². The number of hydrogen-bond acceptors (Lipinski definition) is 5. The van der Waals surface area contributed by atoms with Crippen LogP contribution in [0, 0.1) is 0 Å². The minimum atomic E-state index is -0.926. The zero-order valence-electron chi connectivity index (χ0n) is 11.8. The maximum Gasteiger partial charge on any atom is 0.414 e. The first-order valence-electron chi connectivity index (χ1n) is 6.29. The third-order valence-corrected chi connectivity index (χ3v) is 2.38. The largest absolute Gasteiger partial charge is 0.444 e. The topological polar surface area (TPSA) is 87.7 Å². The minimum absolute atomic E-state index is 0.256. The van der Waals surface area contributed by atoms with E-state index >= 15 is 0 Å². The van der Waals surface area contributed by atoms with Crippen molar-refractivity contribution in [3.8, 4) is 0 Å². The van der Waals surface area contributed by atoms with Gasteiger partial charge in [0, 0.05) is 0 Å². The van der Waals surface area contributed by atoms with E-state index in [2.05, 4.69) is 5.32 Å². The van der Waals surface area contributed by atoms with Gasteiger partial charge in [0.2, 0.25) is 5.91 Å². The summed E-state index contributed by atoms with van der Waals surface area (Å²) < 4.78 is 4.97. The lowest BCUT2D eigenvalue weighted by atomic mass is 10.1. The zero-order valence-corrected chi connectivity index (χ0v) is 11.8. The molecule has 1 atom stereocenters. The monoisotopic (exact) mass is 280 g/mol.